The molecule has 0 radical (unpaired) electrons. The van der Waals surface area contributed by atoms with E-state index in [0.29, 0.717) is 21.3 Å². The van der Waals surface area contributed by atoms with E-state index in [1.807, 2.05) is 0 Å². The monoisotopic (exact) mass is 307 g/mol. The summed E-state index contributed by atoms with van der Waals surface area (Å²) in [5.74, 6) is -0.438. The zero-order valence-electron chi connectivity index (χ0n) is 9.49. The topological polar surface area (TPSA) is 43.1 Å². The van der Waals surface area contributed by atoms with Crippen molar-refractivity contribution in [1.82, 2.24) is 0 Å². The minimum atomic E-state index is -0.341. The van der Waals surface area contributed by atoms with Crippen LogP contribution in [0.3, 0.4) is 0 Å². The average molecular weight is 308 g/mol. The van der Waals surface area contributed by atoms with Crippen LogP contribution in [0, 0.1) is 5.82 Å². The van der Waals surface area contributed by atoms with E-state index in [1.54, 1.807) is 30.3 Å². The molecule has 0 saturated heterocycles. The van der Waals surface area contributed by atoms with Gasteiger partial charge in [-0.3, -0.25) is 4.79 Å². The van der Waals surface area contributed by atoms with Gasteiger partial charge in [0.15, 0.2) is 5.78 Å². The van der Waals surface area contributed by atoms with Gasteiger partial charge in [0.1, 0.15) is 5.82 Å². The molecule has 0 spiro atoms. The van der Waals surface area contributed by atoms with Gasteiger partial charge in [-0.1, -0.05) is 28.1 Å². The van der Waals surface area contributed by atoms with E-state index in [1.165, 1.54) is 12.1 Å². The second kappa shape index (κ2) is 5.31. The highest BCUT2D eigenvalue weighted by molar-refractivity contribution is 9.10. The third kappa shape index (κ3) is 2.96. The number of ketones is 1. The summed E-state index contributed by atoms with van der Waals surface area (Å²) >= 11 is 3.31. The normalized spacial score (nSPS) is 10.3. The van der Waals surface area contributed by atoms with Gasteiger partial charge in [-0.15, -0.1) is 0 Å². The maximum atomic E-state index is 13.0. The zero-order chi connectivity index (χ0) is 13.1. The lowest BCUT2D eigenvalue weighted by Gasteiger charge is -2.05. The summed E-state index contributed by atoms with van der Waals surface area (Å²) in [6.45, 7) is 0. The second-order valence-corrected chi connectivity index (χ2v) is 4.82. The van der Waals surface area contributed by atoms with Crippen molar-refractivity contribution in [3.63, 3.8) is 0 Å². The SMILES string of the molecule is Nc1ccc(Br)c(C(=O)Cc2cccc(F)c2)c1. The van der Waals surface area contributed by atoms with E-state index >= 15 is 0 Å². The van der Waals surface area contributed by atoms with Crippen LogP contribution in [0.4, 0.5) is 10.1 Å². The minimum Gasteiger partial charge on any atom is -0.399 e. The second-order valence-electron chi connectivity index (χ2n) is 3.97. The predicted molar refractivity (Wildman–Crippen MR) is 73.0 cm³/mol. The summed E-state index contributed by atoms with van der Waals surface area (Å²) < 4.78 is 13.7. The molecule has 0 bridgehead atoms. The van der Waals surface area contributed by atoms with E-state index in [9.17, 15) is 9.18 Å². The Kier molecular flexibility index (Phi) is 3.77. The van der Waals surface area contributed by atoms with Crippen molar-refractivity contribution in [2.24, 2.45) is 0 Å². The Bertz CT molecular complexity index is 598. The van der Waals surface area contributed by atoms with E-state index < -0.39 is 0 Å². The Morgan fingerprint density at radius 2 is 2.00 bits per heavy atom. The number of nitrogens with two attached hydrogens (primary N) is 1. The van der Waals surface area contributed by atoms with Crippen LogP contribution in [0.15, 0.2) is 46.9 Å². The quantitative estimate of drug-likeness (QED) is 0.695. The first-order valence-electron chi connectivity index (χ1n) is 5.39. The third-order valence-electron chi connectivity index (χ3n) is 2.54. The molecule has 2 nitrogen and oxygen atoms in total. The average Bonchev–Trinajstić information content (AvgIpc) is 2.32. The third-order valence-corrected chi connectivity index (χ3v) is 3.24. The summed E-state index contributed by atoms with van der Waals surface area (Å²) in [4.78, 5) is 12.1. The molecule has 0 saturated carbocycles. The zero-order valence-corrected chi connectivity index (χ0v) is 11.1. The van der Waals surface area contributed by atoms with Gasteiger partial charge in [0.05, 0.1) is 0 Å². The standard InChI is InChI=1S/C14H11BrFNO/c15-13-5-4-11(17)8-12(13)14(18)7-9-2-1-3-10(16)6-9/h1-6,8H,7,17H2. The Labute approximate surface area is 113 Å². The molecule has 2 rings (SSSR count). The number of rotatable bonds is 3. The van der Waals surface area contributed by atoms with Crippen molar-refractivity contribution in [1.29, 1.82) is 0 Å². The number of nitrogen functional groups attached to an aromatic ring is 1. The summed E-state index contributed by atoms with van der Waals surface area (Å²) in [5, 5.41) is 0. The molecular weight excluding hydrogens is 297 g/mol. The Morgan fingerprint density at radius 1 is 1.22 bits per heavy atom. The molecule has 2 N–H and O–H groups in total. The number of carbonyl (C=O) groups is 1. The number of anilines is 1. The first-order chi connectivity index (χ1) is 8.56. The fraction of sp³-hybridized carbons (Fsp3) is 0.0714. The van der Waals surface area contributed by atoms with Gasteiger partial charge in [-0.2, -0.15) is 0 Å². The van der Waals surface area contributed by atoms with Crippen LogP contribution in [0.2, 0.25) is 0 Å². The molecule has 92 valence electrons. The maximum absolute atomic E-state index is 13.0. The Balaban J connectivity index is 2.24. The fourth-order valence-electron chi connectivity index (χ4n) is 1.68. The van der Waals surface area contributed by atoms with Gasteiger partial charge >= 0.3 is 0 Å². The van der Waals surface area contributed by atoms with Crippen LogP contribution < -0.4 is 5.73 Å². The van der Waals surface area contributed by atoms with Gasteiger partial charge in [0.25, 0.3) is 0 Å². The minimum absolute atomic E-state index is 0.0974. The van der Waals surface area contributed by atoms with Crippen molar-refractivity contribution in [2.75, 3.05) is 5.73 Å². The van der Waals surface area contributed by atoms with Crippen LogP contribution in [-0.2, 0) is 6.42 Å². The molecule has 0 aliphatic carbocycles. The Hall–Kier alpha value is -1.68. The molecule has 0 unspecified atom stereocenters. The molecule has 0 amide bonds. The highest BCUT2D eigenvalue weighted by Crippen LogP contribution is 2.21. The smallest absolute Gasteiger partial charge is 0.168 e. The van der Waals surface area contributed by atoms with Crippen LogP contribution in [-0.4, -0.2) is 5.78 Å². The number of halogens is 2. The largest absolute Gasteiger partial charge is 0.399 e. The summed E-state index contributed by atoms with van der Waals surface area (Å²) in [6.07, 6.45) is 0.153. The molecule has 0 aromatic heterocycles. The van der Waals surface area contributed by atoms with E-state index in [-0.39, 0.29) is 18.0 Å². The molecule has 2 aromatic rings. The van der Waals surface area contributed by atoms with Crippen molar-refractivity contribution in [3.8, 4) is 0 Å². The van der Waals surface area contributed by atoms with Gasteiger partial charge in [-0.25, -0.2) is 4.39 Å². The molecule has 18 heavy (non-hydrogen) atoms. The Morgan fingerprint density at radius 3 is 2.72 bits per heavy atom. The lowest BCUT2D eigenvalue weighted by Crippen LogP contribution is -2.05. The molecular formula is C14H11BrFNO. The molecule has 0 atom stereocenters. The predicted octanol–water partition coefficient (Wildman–Crippen LogP) is 3.60. The van der Waals surface area contributed by atoms with E-state index in [4.69, 9.17) is 5.73 Å². The summed E-state index contributed by atoms with van der Waals surface area (Å²) in [7, 11) is 0. The van der Waals surface area contributed by atoms with Crippen LogP contribution in [0.1, 0.15) is 15.9 Å². The fourth-order valence-corrected chi connectivity index (χ4v) is 2.15. The first kappa shape index (κ1) is 12.8. The van der Waals surface area contributed by atoms with Crippen molar-refractivity contribution in [2.45, 2.75) is 6.42 Å². The van der Waals surface area contributed by atoms with Crippen molar-refractivity contribution < 1.29 is 9.18 Å². The molecule has 4 heteroatoms. The highest BCUT2D eigenvalue weighted by Gasteiger charge is 2.11. The summed E-state index contributed by atoms with van der Waals surface area (Å²) in [6, 6.07) is 11.1. The van der Waals surface area contributed by atoms with Gasteiger partial charge in [0, 0.05) is 22.1 Å². The lowest BCUT2D eigenvalue weighted by molar-refractivity contribution is 0.0992. The molecule has 0 aliphatic heterocycles. The molecule has 0 heterocycles. The van der Waals surface area contributed by atoms with Crippen molar-refractivity contribution >= 4 is 27.4 Å². The number of benzene rings is 2. The number of carbonyl (C=O) groups excluding carboxylic acids is 1. The van der Waals surface area contributed by atoms with Gasteiger partial charge in [0.2, 0.25) is 0 Å². The lowest BCUT2D eigenvalue weighted by atomic mass is 10.0. The van der Waals surface area contributed by atoms with E-state index in [0.717, 1.165) is 0 Å². The number of Topliss-reactive ketones (excluding diaryl/α,β-unsaturated/α-hetero) is 1. The van der Waals surface area contributed by atoms with Crippen LogP contribution in [0.25, 0.3) is 0 Å². The van der Waals surface area contributed by atoms with Crippen LogP contribution >= 0.6 is 15.9 Å². The summed E-state index contributed by atoms with van der Waals surface area (Å²) in [5.41, 5.74) is 7.34. The molecule has 0 fully saturated rings. The number of hydrogen-bond acceptors (Lipinski definition) is 2. The highest BCUT2D eigenvalue weighted by atomic mass is 79.9. The first-order valence-corrected chi connectivity index (χ1v) is 6.18. The molecule has 2 aromatic carbocycles. The van der Waals surface area contributed by atoms with Crippen molar-refractivity contribution in [3.05, 3.63) is 63.9 Å². The molecule has 0 aliphatic rings. The van der Waals surface area contributed by atoms with Gasteiger partial charge < -0.3 is 5.73 Å². The van der Waals surface area contributed by atoms with E-state index in [2.05, 4.69) is 15.9 Å². The van der Waals surface area contributed by atoms with Crippen LogP contribution in [0.5, 0.6) is 0 Å². The number of hydrogen-bond donors (Lipinski definition) is 1. The van der Waals surface area contributed by atoms with Gasteiger partial charge in [-0.05, 0) is 35.9 Å². The maximum Gasteiger partial charge on any atom is 0.168 e.